The number of carbonyl (C=O) groups is 2. The molecule has 0 aliphatic carbocycles. The van der Waals surface area contributed by atoms with Crippen LogP contribution in [0, 0.1) is 5.63 Å². The van der Waals surface area contributed by atoms with Crippen LogP contribution in [0.4, 0.5) is 0 Å². The molecule has 0 amide bonds. The third-order valence-electron chi connectivity index (χ3n) is 2.30. The normalized spacial score (nSPS) is 9.89. The van der Waals surface area contributed by atoms with Crippen LogP contribution in [0.3, 0.4) is 0 Å². The van der Waals surface area contributed by atoms with Gasteiger partial charge in [0.1, 0.15) is 0 Å². The molecule has 0 fully saturated rings. The van der Waals surface area contributed by atoms with Crippen LogP contribution in [0.5, 0.6) is 0 Å². The summed E-state index contributed by atoms with van der Waals surface area (Å²) in [5.74, 6) is -1.87. The monoisotopic (exact) mass is 278 g/mol. The minimum absolute atomic E-state index is 0.0538. The van der Waals surface area contributed by atoms with Gasteiger partial charge < -0.3 is 0 Å². The van der Waals surface area contributed by atoms with E-state index in [1.165, 1.54) is 24.3 Å². The van der Waals surface area contributed by atoms with Crippen molar-refractivity contribution in [3.8, 4) is 5.63 Å². The van der Waals surface area contributed by atoms with Crippen molar-refractivity contribution in [2.75, 3.05) is 6.61 Å². The van der Waals surface area contributed by atoms with E-state index in [4.69, 9.17) is 14.3 Å². The van der Waals surface area contributed by atoms with Gasteiger partial charge in [0, 0.05) is 0 Å². The first-order valence-electron chi connectivity index (χ1n) is 5.11. The molecule has 0 aliphatic rings. The molecule has 1 aromatic heterocycles. The van der Waals surface area contributed by atoms with Gasteiger partial charge in [-0.1, -0.05) is 0 Å². The van der Waals surface area contributed by atoms with Crippen molar-refractivity contribution in [3.05, 3.63) is 35.6 Å². The number of hydrogen-bond donors (Lipinski definition) is 1. The molecular formula is C12H7O6P. The molecule has 2 rings (SSSR count). The maximum atomic E-state index is 11.5. The van der Waals surface area contributed by atoms with E-state index in [2.05, 4.69) is 5.63 Å². The van der Waals surface area contributed by atoms with Gasteiger partial charge in [-0.3, -0.25) is 0 Å². The number of esters is 1. The molecule has 0 atom stereocenters. The number of aromatic carboxylic acids is 1. The number of benzene rings is 1. The van der Waals surface area contributed by atoms with Gasteiger partial charge in [-0.15, -0.1) is 0 Å². The molecule has 0 bridgehead atoms. The van der Waals surface area contributed by atoms with E-state index in [0.717, 1.165) is 0 Å². The quantitative estimate of drug-likeness (QED) is 0.684. The van der Waals surface area contributed by atoms with Crippen LogP contribution in [0.1, 0.15) is 20.9 Å². The summed E-state index contributed by atoms with van der Waals surface area (Å²) in [7, 11) is -0.348. The summed E-state index contributed by atoms with van der Waals surface area (Å²) in [4.78, 5) is 22.3. The first kappa shape index (κ1) is 13.1. The van der Waals surface area contributed by atoms with Crippen molar-refractivity contribution in [2.45, 2.75) is 0 Å². The number of furan rings is 1. The molecule has 1 aromatic carbocycles. The molecule has 0 spiro atoms. The van der Waals surface area contributed by atoms with E-state index in [1.807, 2.05) is 0 Å². The van der Waals surface area contributed by atoms with Gasteiger partial charge in [-0.05, 0) is 0 Å². The second-order valence-electron chi connectivity index (χ2n) is 3.49. The number of hydrogen-bond acceptors (Lipinski definition) is 5. The molecule has 0 saturated heterocycles. The predicted molar refractivity (Wildman–Crippen MR) is 65.0 cm³/mol. The van der Waals surface area contributed by atoms with Crippen LogP contribution in [0.15, 0.2) is 28.7 Å². The molecule has 19 heavy (non-hydrogen) atoms. The summed E-state index contributed by atoms with van der Waals surface area (Å²) in [6, 6.07) is 5.71. The molecule has 2 aromatic rings. The van der Waals surface area contributed by atoms with Gasteiger partial charge in [-0.2, -0.15) is 0 Å². The fourth-order valence-electron chi connectivity index (χ4n) is 1.46. The van der Waals surface area contributed by atoms with Crippen molar-refractivity contribution in [2.24, 2.45) is 0 Å². The Morgan fingerprint density at radius 1 is 1.37 bits per heavy atom. The zero-order valence-electron chi connectivity index (χ0n) is 9.45. The maximum absolute atomic E-state index is 11.5. The van der Waals surface area contributed by atoms with Gasteiger partial charge >= 0.3 is 107 Å². The average molecular weight is 278 g/mol. The van der Waals surface area contributed by atoms with Crippen LogP contribution < -0.4 is 0 Å². The molecule has 0 aliphatic heterocycles. The third kappa shape index (κ3) is 2.94. The van der Waals surface area contributed by atoms with Crippen molar-refractivity contribution >= 4 is 30.8 Å². The summed E-state index contributed by atoms with van der Waals surface area (Å²) in [5, 5.41) is 9.42. The van der Waals surface area contributed by atoms with Crippen molar-refractivity contribution in [3.63, 3.8) is 0 Å². The van der Waals surface area contributed by atoms with Gasteiger partial charge in [0.25, 0.3) is 0 Å². The molecule has 0 radical (unpaired) electrons. The Balaban J connectivity index is 2.30. The standard InChI is InChI=1S/C12H7O6P/c13-11(14)8-2-1-7-5-10(18-9(7)6-8)12(15)17-3-4-19-16/h1-2,5-6H,3H2,(H,13,14). The van der Waals surface area contributed by atoms with E-state index < -0.39 is 11.9 Å². The number of carboxylic acids is 1. The summed E-state index contributed by atoms with van der Waals surface area (Å²) in [5.41, 5.74) is 2.60. The van der Waals surface area contributed by atoms with Crippen molar-refractivity contribution in [1.29, 1.82) is 0 Å². The second kappa shape index (κ2) is 5.57. The van der Waals surface area contributed by atoms with Gasteiger partial charge in [0.15, 0.2) is 0 Å². The Morgan fingerprint density at radius 2 is 2.16 bits per heavy atom. The fraction of sp³-hybridized carbons (Fsp3) is 0.0833. The zero-order valence-corrected chi connectivity index (χ0v) is 10.3. The predicted octanol–water partition coefficient (Wildman–Crippen LogP) is 2.54. The van der Waals surface area contributed by atoms with Crippen molar-refractivity contribution in [1.82, 2.24) is 0 Å². The molecule has 1 N–H and O–H groups in total. The van der Waals surface area contributed by atoms with Crippen LogP contribution in [-0.4, -0.2) is 23.7 Å². The molecule has 0 saturated carbocycles. The Kier molecular flexibility index (Phi) is 3.85. The van der Waals surface area contributed by atoms with Crippen molar-refractivity contribution < 1.29 is 28.4 Å². The summed E-state index contributed by atoms with van der Waals surface area (Å²) in [6.45, 7) is -0.221. The Morgan fingerprint density at radius 3 is 2.84 bits per heavy atom. The van der Waals surface area contributed by atoms with E-state index >= 15 is 0 Å². The molecular weight excluding hydrogens is 271 g/mol. The Hall–Kier alpha value is -2.29. The minimum atomic E-state index is -1.08. The second-order valence-corrected chi connectivity index (χ2v) is 3.99. The zero-order chi connectivity index (χ0) is 13.8. The fourth-order valence-corrected chi connectivity index (χ4v) is 1.58. The number of rotatable bonds is 3. The number of fused-ring (bicyclic) bond motifs is 1. The molecule has 96 valence electrons. The van der Waals surface area contributed by atoms with Gasteiger partial charge in [0.2, 0.25) is 0 Å². The van der Waals surface area contributed by atoms with E-state index in [0.29, 0.717) is 5.39 Å². The van der Waals surface area contributed by atoms with Crippen LogP contribution in [0.2, 0.25) is 0 Å². The van der Waals surface area contributed by atoms with E-state index in [-0.39, 0.29) is 31.4 Å². The van der Waals surface area contributed by atoms with Crippen LogP contribution >= 0.6 is 7.92 Å². The van der Waals surface area contributed by atoms with E-state index in [9.17, 15) is 14.2 Å². The van der Waals surface area contributed by atoms with Crippen LogP contribution in [0.25, 0.3) is 11.0 Å². The van der Waals surface area contributed by atoms with Crippen LogP contribution in [-0.2, 0) is 9.30 Å². The number of carboxylic acid groups (broad SMARTS) is 1. The molecule has 7 heteroatoms. The summed E-state index contributed by atoms with van der Waals surface area (Å²) < 4.78 is 20.0. The third-order valence-corrected chi connectivity index (χ3v) is 2.56. The Bertz CT molecular complexity index is 755. The molecule has 6 nitrogen and oxygen atoms in total. The average Bonchev–Trinajstić information content (AvgIpc) is 2.81. The first-order valence-corrected chi connectivity index (χ1v) is 5.92. The topological polar surface area (TPSA) is 93.8 Å². The molecule has 0 unspecified atom stereocenters. The number of ether oxygens (including phenoxy) is 1. The van der Waals surface area contributed by atoms with Gasteiger partial charge in [-0.25, -0.2) is 0 Å². The molecule has 1 heterocycles. The van der Waals surface area contributed by atoms with E-state index in [1.54, 1.807) is 0 Å². The summed E-state index contributed by atoms with van der Waals surface area (Å²) in [6.07, 6.45) is 0. The summed E-state index contributed by atoms with van der Waals surface area (Å²) >= 11 is 0. The Labute approximate surface area is 108 Å². The SMILES string of the molecule is O=P#CCOC(=O)c1cc2ccc(C(=O)O)cc2o1. The first-order chi connectivity index (χ1) is 9.11. The van der Waals surface area contributed by atoms with Gasteiger partial charge in [0.05, 0.1) is 0 Å². The number of carbonyl (C=O) groups excluding carboxylic acids is 1.